The Bertz CT molecular complexity index is 1750. The molecule has 1 heterocycles. The molecule has 4 aromatic rings. The van der Waals surface area contributed by atoms with Crippen molar-refractivity contribution in [2.75, 3.05) is 0 Å². The van der Waals surface area contributed by atoms with Crippen LogP contribution in [0.2, 0.25) is 8.35 Å². The first-order valence-electron chi connectivity index (χ1n) is 16.5. The largest absolute Gasteiger partial charge is 0.147 e. The molecule has 0 radical (unpaired) electrons. The summed E-state index contributed by atoms with van der Waals surface area (Å²) in [5, 5.41) is 0. The van der Waals surface area contributed by atoms with Crippen LogP contribution < -0.4 is 0 Å². The fourth-order valence-corrected chi connectivity index (χ4v) is 36.4. The van der Waals surface area contributed by atoms with Gasteiger partial charge in [-0.3, -0.25) is 0 Å². The van der Waals surface area contributed by atoms with Crippen LogP contribution in [0.4, 0.5) is 26.3 Å². The zero-order valence-electron chi connectivity index (χ0n) is 27.2. The molecule has 2 aliphatic carbocycles. The Kier molecular flexibility index (Phi) is 10.9. The van der Waals surface area contributed by atoms with Crippen molar-refractivity contribution in [3.8, 4) is 22.3 Å². The first kappa shape index (κ1) is 37.6. The molecular formula is C40H38Cl2F6Hf. The van der Waals surface area contributed by atoms with Crippen molar-refractivity contribution in [2.45, 2.75) is 67.6 Å². The molecule has 3 aliphatic rings. The minimum atomic E-state index is -4.38. The van der Waals surface area contributed by atoms with Crippen LogP contribution in [0.3, 0.4) is 0 Å². The second-order valence-corrected chi connectivity index (χ2v) is 29.9. The molecule has 1 aliphatic heterocycles. The van der Waals surface area contributed by atoms with Crippen molar-refractivity contribution in [1.29, 1.82) is 0 Å². The Labute approximate surface area is 300 Å². The Morgan fingerprint density at radius 1 is 0.551 bits per heavy atom. The zero-order chi connectivity index (χ0) is 33.1. The zero-order valence-corrected chi connectivity index (χ0v) is 32.4. The SMILES string of the molecule is CCCC1=Cc2c(-c3ccc(C(F)(F)F)cc3)cccc2[CH]1[Hf]1([CH]2C(CCC)=Cc3c(-c4ccc(C(F)(F)F)cc4)cccc32)[CH2][CH2]1.Cl.Cl. The van der Waals surface area contributed by atoms with Gasteiger partial charge in [0.1, 0.15) is 0 Å². The van der Waals surface area contributed by atoms with Crippen LogP contribution in [0.15, 0.2) is 96.1 Å². The smallest absolute Gasteiger partial charge is 0.147 e. The third-order valence-corrected chi connectivity index (χ3v) is 29.5. The molecule has 0 bridgehead atoms. The summed E-state index contributed by atoms with van der Waals surface area (Å²) >= 11 is -3.24. The summed E-state index contributed by atoms with van der Waals surface area (Å²) in [6.45, 7) is 4.41. The molecular weight excluding hydrogens is 844 g/mol. The third kappa shape index (κ3) is 6.77. The van der Waals surface area contributed by atoms with Gasteiger partial charge < -0.3 is 0 Å². The van der Waals surface area contributed by atoms with E-state index in [0.29, 0.717) is 7.35 Å². The van der Waals surface area contributed by atoms with Crippen LogP contribution in [0.25, 0.3) is 34.4 Å². The number of benzene rings is 4. The van der Waals surface area contributed by atoms with Crippen LogP contribution in [0.5, 0.6) is 0 Å². The summed E-state index contributed by atoms with van der Waals surface area (Å²) < 4.78 is 83.4. The first-order chi connectivity index (χ1) is 22.5. The van der Waals surface area contributed by atoms with Crippen LogP contribution in [0, 0.1) is 0 Å². The van der Waals surface area contributed by atoms with Gasteiger partial charge in [0.25, 0.3) is 0 Å². The second kappa shape index (κ2) is 14.2. The van der Waals surface area contributed by atoms with Gasteiger partial charge in [-0.15, -0.1) is 24.8 Å². The van der Waals surface area contributed by atoms with Crippen molar-refractivity contribution >= 4 is 37.0 Å². The maximum Gasteiger partial charge on any atom is -0.147 e. The van der Waals surface area contributed by atoms with Crippen LogP contribution in [-0.2, 0) is 32.3 Å². The van der Waals surface area contributed by atoms with Gasteiger partial charge in [-0.05, 0) is 0 Å². The topological polar surface area (TPSA) is 0 Å². The number of halogens is 8. The summed E-state index contributed by atoms with van der Waals surface area (Å²) in [5.74, 6) is 0. The van der Waals surface area contributed by atoms with E-state index in [2.05, 4.69) is 50.3 Å². The van der Waals surface area contributed by atoms with Gasteiger partial charge in [0.2, 0.25) is 0 Å². The number of hydrogen-bond acceptors (Lipinski definition) is 0. The van der Waals surface area contributed by atoms with Gasteiger partial charge in [0, 0.05) is 0 Å². The van der Waals surface area contributed by atoms with Gasteiger partial charge in [0.05, 0.1) is 0 Å². The van der Waals surface area contributed by atoms with Crippen LogP contribution in [0.1, 0.15) is 80.3 Å². The number of hydrogen-bond donors (Lipinski definition) is 0. The molecule has 4 aromatic carbocycles. The molecule has 0 spiro atoms. The van der Waals surface area contributed by atoms with Crippen LogP contribution in [-0.4, -0.2) is 0 Å². The molecule has 2 atom stereocenters. The van der Waals surface area contributed by atoms with E-state index in [0.717, 1.165) is 59.1 Å². The molecule has 0 amide bonds. The molecule has 258 valence electrons. The summed E-state index contributed by atoms with van der Waals surface area (Å²) in [4.78, 5) is 0. The molecule has 9 heteroatoms. The van der Waals surface area contributed by atoms with E-state index >= 15 is 0 Å². The molecule has 1 saturated heterocycles. The Morgan fingerprint density at radius 2 is 0.918 bits per heavy atom. The van der Waals surface area contributed by atoms with E-state index < -0.39 is 43.4 Å². The maximum absolute atomic E-state index is 13.3. The number of alkyl halides is 6. The van der Waals surface area contributed by atoms with Gasteiger partial charge in [-0.25, -0.2) is 0 Å². The number of rotatable bonds is 8. The van der Waals surface area contributed by atoms with Crippen molar-refractivity contribution < 1.29 is 46.3 Å². The maximum atomic E-state index is 13.3. The Balaban J connectivity index is 0.00000234. The summed E-state index contributed by atoms with van der Waals surface area (Å²) in [6.07, 6.45) is -0.0197. The van der Waals surface area contributed by atoms with Gasteiger partial charge in [-0.2, -0.15) is 0 Å². The van der Waals surface area contributed by atoms with E-state index in [-0.39, 0.29) is 24.8 Å². The fraction of sp³-hybridized carbons (Fsp3) is 0.300. The van der Waals surface area contributed by atoms with Crippen molar-refractivity contribution in [2.24, 2.45) is 0 Å². The standard InChI is InChI=1S/2C19H16F3.C2H4.2ClH.Hf/c2*1-2-4-13-11-15-5-3-6-17(18(15)12-13)14-7-9-16(10-8-14)19(20,21)22;1-2;;;/h2*3,5-12H,2,4H2,1H3;1-2H2;2*1H;. The van der Waals surface area contributed by atoms with E-state index in [9.17, 15) is 26.3 Å². The number of fused-ring (bicyclic) bond motifs is 2. The molecule has 0 N–H and O–H groups in total. The molecule has 0 saturated carbocycles. The van der Waals surface area contributed by atoms with E-state index in [1.807, 2.05) is 12.1 Å². The van der Waals surface area contributed by atoms with Crippen molar-refractivity contribution in [1.82, 2.24) is 0 Å². The Morgan fingerprint density at radius 3 is 1.22 bits per heavy atom. The first-order valence-corrected chi connectivity index (χ1v) is 25.7. The second-order valence-electron chi connectivity index (χ2n) is 13.3. The molecule has 49 heavy (non-hydrogen) atoms. The summed E-state index contributed by atoms with van der Waals surface area (Å²) in [5.41, 5.74) is 10.2. The monoisotopic (exact) mass is 882 g/mol. The quantitative estimate of drug-likeness (QED) is 0.122. The molecule has 7 rings (SSSR count). The summed E-state index contributed by atoms with van der Waals surface area (Å²) in [7, 11) is 0. The van der Waals surface area contributed by atoms with E-state index in [4.69, 9.17) is 0 Å². The van der Waals surface area contributed by atoms with E-state index in [1.165, 1.54) is 54.9 Å². The van der Waals surface area contributed by atoms with Gasteiger partial charge >= 0.3 is 278 Å². The summed E-state index contributed by atoms with van der Waals surface area (Å²) in [6, 6.07) is 23.8. The minimum Gasteiger partial charge on any atom is -0.147 e. The third-order valence-electron chi connectivity index (χ3n) is 10.4. The van der Waals surface area contributed by atoms with Crippen molar-refractivity contribution in [3.05, 3.63) is 129 Å². The minimum absolute atomic E-state index is 0. The molecule has 0 nitrogen and oxygen atoms in total. The molecule has 1 fully saturated rings. The van der Waals surface area contributed by atoms with Crippen molar-refractivity contribution in [3.63, 3.8) is 0 Å². The normalized spacial score (nSPS) is 18.9. The Hall–Kier alpha value is -2.61. The van der Waals surface area contributed by atoms with Gasteiger partial charge in [-0.1, -0.05) is 0 Å². The van der Waals surface area contributed by atoms with Gasteiger partial charge in [0.15, 0.2) is 0 Å². The predicted molar refractivity (Wildman–Crippen MR) is 189 cm³/mol. The van der Waals surface area contributed by atoms with E-state index in [1.54, 1.807) is 24.3 Å². The average molecular weight is 882 g/mol. The number of allylic oxidation sites excluding steroid dienone is 2. The molecule has 0 aromatic heterocycles. The predicted octanol–water partition coefficient (Wildman–Crippen LogP) is 14.1. The van der Waals surface area contributed by atoms with Crippen LogP contribution >= 0.6 is 24.8 Å². The fourth-order valence-electron chi connectivity index (χ4n) is 8.37. The molecule has 2 unspecified atom stereocenters. The average Bonchev–Trinajstić information content (AvgIpc) is 3.59.